The second-order valence-electron chi connectivity index (χ2n) is 1.61. The van der Waals surface area contributed by atoms with Gasteiger partial charge < -0.3 is 17.9 Å². The molecule has 5 nitrogen and oxygen atoms in total. The second-order valence-corrected chi connectivity index (χ2v) is 2.07. The summed E-state index contributed by atoms with van der Waals surface area (Å²) in [5.41, 5.74) is -0.753. The van der Waals surface area contributed by atoms with E-state index in [0.29, 0.717) is 11.9 Å². The van der Waals surface area contributed by atoms with E-state index < -0.39 is 17.3 Å². The van der Waals surface area contributed by atoms with Crippen LogP contribution in [0, 0.1) is 0 Å². The van der Waals surface area contributed by atoms with Crippen molar-refractivity contribution >= 4 is 11.9 Å². The predicted molar refractivity (Wildman–Crippen MR) is 36.1 cm³/mol. The van der Waals surface area contributed by atoms with Gasteiger partial charge in [-0.15, -0.1) is 0 Å². The van der Waals surface area contributed by atoms with E-state index in [9.17, 15) is 4.79 Å². The molecular formula is C5H4O5S. The minimum atomic E-state index is -0.753. The van der Waals surface area contributed by atoms with Crippen LogP contribution in [0.15, 0.2) is 24.6 Å². The third-order valence-corrected chi connectivity index (χ3v) is 1.24. The van der Waals surface area contributed by atoms with Crippen LogP contribution in [0.3, 0.4) is 0 Å². The Balaban J connectivity index is 3.39. The summed E-state index contributed by atoms with van der Waals surface area (Å²) in [7, 11) is 0. The van der Waals surface area contributed by atoms with Crippen LogP contribution in [0.4, 0.5) is 0 Å². The zero-order valence-corrected chi connectivity index (χ0v) is 6.00. The summed E-state index contributed by atoms with van der Waals surface area (Å²) in [5.74, 6) is -0.955. The van der Waals surface area contributed by atoms with Gasteiger partial charge in [0.2, 0.25) is 11.9 Å². The molecule has 0 bridgehead atoms. The summed E-state index contributed by atoms with van der Waals surface area (Å²) in [4.78, 5) is 10.5. The van der Waals surface area contributed by atoms with Crippen molar-refractivity contribution < 1.29 is 17.9 Å². The Morgan fingerprint density at radius 2 is 2.00 bits per heavy atom. The zero-order chi connectivity index (χ0) is 8.27. The Labute approximate surface area is 64.9 Å². The lowest BCUT2D eigenvalue weighted by Gasteiger charge is -1.84. The van der Waals surface area contributed by atoms with Crippen molar-refractivity contribution in [2.24, 2.45) is 0 Å². The Bertz CT molecular complexity index is 331. The summed E-state index contributed by atoms with van der Waals surface area (Å²) < 4.78 is 8.56. The molecule has 0 aliphatic carbocycles. The molecule has 6 heteroatoms. The molecule has 1 heterocycles. The maximum absolute atomic E-state index is 10.5. The molecule has 0 fully saturated rings. The molecule has 0 unspecified atom stereocenters. The first-order valence-corrected chi connectivity index (χ1v) is 3.21. The molecule has 0 saturated carbocycles. The lowest BCUT2D eigenvalue weighted by molar-refractivity contribution is 0.348. The molecule has 0 atom stereocenters. The highest BCUT2D eigenvalue weighted by atomic mass is 32.1. The van der Waals surface area contributed by atoms with Crippen molar-refractivity contribution in [3.8, 4) is 11.7 Å². The van der Waals surface area contributed by atoms with Crippen molar-refractivity contribution in [2.75, 3.05) is 0 Å². The lowest BCUT2D eigenvalue weighted by atomic mass is 10.5. The average molecular weight is 176 g/mol. The normalized spacial score (nSPS) is 9.09. The van der Waals surface area contributed by atoms with E-state index in [4.69, 9.17) is 10.2 Å². The van der Waals surface area contributed by atoms with Crippen molar-refractivity contribution in [1.29, 1.82) is 0 Å². The monoisotopic (exact) mass is 176 g/mol. The molecular weight excluding hydrogens is 172 g/mol. The van der Waals surface area contributed by atoms with Crippen LogP contribution >= 0.6 is 11.9 Å². The molecule has 0 aliphatic rings. The summed E-state index contributed by atoms with van der Waals surface area (Å²) >= 11 is 0.324. The van der Waals surface area contributed by atoms with Gasteiger partial charge in [-0.3, -0.25) is 0 Å². The Morgan fingerprint density at radius 1 is 1.27 bits per heavy atom. The van der Waals surface area contributed by atoms with Gasteiger partial charge in [0.05, 0.1) is 12.1 Å². The van der Waals surface area contributed by atoms with Crippen LogP contribution < -0.4 is 5.63 Å². The summed E-state index contributed by atoms with van der Waals surface area (Å²) in [6, 6.07) is 1.69. The predicted octanol–water partition coefficient (Wildman–Crippen LogP) is 0.830. The highest BCUT2D eigenvalue weighted by Gasteiger charge is 1.91. The van der Waals surface area contributed by atoms with Gasteiger partial charge in [-0.1, -0.05) is 0 Å². The maximum atomic E-state index is 10.5. The first-order valence-electron chi connectivity index (χ1n) is 2.55. The molecule has 11 heavy (non-hydrogen) atoms. The Morgan fingerprint density at radius 3 is 2.73 bits per heavy atom. The SMILES string of the molecule is O=c1cc(O)cc(O)oso1. The van der Waals surface area contributed by atoms with Gasteiger partial charge in [0.1, 0.15) is 5.75 Å². The first kappa shape index (κ1) is 7.67. The molecule has 0 spiro atoms. The van der Waals surface area contributed by atoms with Crippen molar-refractivity contribution in [1.82, 2.24) is 0 Å². The molecule has 2 N–H and O–H groups in total. The molecule has 1 aromatic rings. The third-order valence-electron chi connectivity index (χ3n) is 0.773. The highest BCUT2D eigenvalue weighted by molar-refractivity contribution is 6.93. The first-order chi connectivity index (χ1) is 5.18. The molecule has 0 aromatic carbocycles. The quantitative estimate of drug-likeness (QED) is 0.611. The summed E-state index contributed by atoms with van der Waals surface area (Å²) in [5, 5.41) is 17.5. The Hall–Kier alpha value is -1.43. The minimum absolute atomic E-state index is 0.324. The maximum Gasteiger partial charge on any atom is 0.353 e. The molecule has 1 rings (SSSR count). The fourth-order valence-electron chi connectivity index (χ4n) is 0.422. The smallest absolute Gasteiger partial charge is 0.353 e. The number of rotatable bonds is 0. The van der Waals surface area contributed by atoms with Gasteiger partial charge in [0.25, 0.3) is 0 Å². The molecule has 0 aliphatic heterocycles. The van der Waals surface area contributed by atoms with Gasteiger partial charge in [-0.05, 0) is 0 Å². The fraction of sp³-hybridized carbons (Fsp3) is 0. The molecule has 0 amide bonds. The van der Waals surface area contributed by atoms with Crippen LogP contribution in [0.1, 0.15) is 0 Å². The fourth-order valence-corrected chi connectivity index (χ4v) is 0.689. The molecule has 0 saturated heterocycles. The standard InChI is InChI=1S/C5H4O5S/c6-3-1-4(7)9-11-10-5(8)2-3/h1-2,6-7H. The second kappa shape index (κ2) is 3.11. The minimum Gasteiger partial charge on any atom is -0.507 e. The zero-order valence-electron chi connectivity index (χ0n) is 5.18. The van der Waals surface area contributed by atoms with Gasteiger partial charge in [0.15, 0.2) is 0 Å². The van der Waals surface area contributed by atoms with Gasteiger partial charge >= 0.3 is 11.6 Å². The van der Waals surface area contributed by atoms with Crippen LogP contribution in [-0.4, -0.2) is 10.2 Å². The Kier molecular flexibility index (Phi) is 2.17. The number of hydrogen-bond donors (Lipinski definition) is 2. The summed E-state index contributed by atoms with van der Waals surface area (Å²) in [6.45, 7) is 0. The van der Waals surface area contributed by atoms with E-state index in [1.54, 1.807) is 0 Å². The van der Waals surface area contributed by atoms with E-state index in [0.717, 1.165) is 12.1 Å². The van der Waals surface area contributed by atoms with E-state index in [-0.39, 0.29) is 0 Å². The van der Waals surface area contributed by atoms with Crippen LogP contribution in [0.2, 0.25) is 0 Å². The number of hydrogen-bond acceptors (Lipinski definition) is 6. The van der Waals surface area contributed by atoms with E-state index in [1.807, 2.05) is 0 Å². The lowest BCUT2D eigenvalue weighted by Crippen LogP contribution is -1.88. The van der Waals surface area contributed by atoms with Crippen molar-refractivity contribution in [2.45, 2.75) is 0 Å². The van der Waals surface area contributed by atoms with Crippen molar-refractivity contribution in [3.05, 3.63) is 22.6 Å². The number of aromatic hydroxyl groups is 2. The van der Waals surface area contributed by atoms with E-state index in [1.165, 1.54) is 0 Å². The van der Waals surface area contributed by atoms with Gasteiger partial charge in [0, 0.05) is 0 Å². The average Bonchev–Trinajstić information content (AvgIpc) is 1.83. The largest absolute Gasteiger partial charge is 0.507 e. The van der Waals surface area contributed by atoms with Crippen LogP contribution in [0.25, 0.3) is 0 Å². The molecule has 0 radical (unpaired) electrons. The molecule has 1 aromatic heterocycles. The van der Waals surface area contributed by atoms with Gasteiger partial charge in [-0.25, -0.2) is 4.79 Å². The topological polar surface area (TPSA) is 83.8 Å². The highest BCUT2D eigenvalue weighted by Crippen LogP contribution is 2.12. The molecule has 60 valence electrons. The van der Waals surface area contributed by atoms with E-state index in [2.05, 4.69) is 7.70 Å². The third kappa shape index (κ3) is 2.34. The van der Waals surface area contributed by atoms with Gasteiger partial charge in [-0.2, -0.15) is 0 Å². The van der Waals surface area contributed by atoms with Crippen LogP contribution in [0.5, 0.6) is 11.7 Å². The van der Waals surface area contributed by atoms with Crippen LogP contribution in [-0.2, 0) is 0 Å². The van der Waals surface area contributed by atoms with E-state index >= 15 is 0 Å². The van der Waals surface area contributed by atoms with Crippen molar-refractivity contribution in [3.63, 3.8) is 0 Å². The summed E-state index contributed by atoms with van der Waals surface area (Å²) in [6.07, 6.45) is 0.